The second kappa shape index (κ2) is 8.18. The minimum absolute atomic E-state index is 0.0481. The fraction of sp³-hybridized carbons (Fsp3) is 0.423. The Morgan fingerprint density at radius 1 is 1.03 bits per heavy atom. The van der Waals surface area contributed by atoms with E-state index in [4.69, 9.17) is 0 Å². The van der Waals surface area contributed by atoms with Crippen molar-refractivity contribution in [3.05, 3.63) is 70.0 Å². The molecule has 3 aromatic rings. The number of nitrogens with zero attached hydrogens (tertiary/aromatic N) is 4. The summed E-state index contributed by atoms with van der Waals surface area (Å²) in [4.78, 5) is 23.9. The Kier molecular flexibility index (Phi) is 5.09. The molecule has 2 aromatic carbocycles. The van der Waals surface area contributed by atoms with Crippen molar-refractivity contribution < 1.29 is 9.72 Å². The lowest BCUT2D eigenvalue weighted by molar-refractivity contribution is -0.384. The van der Waals surface area contributed by atoms with Crippen LogP contribution in [0.1, 0.15) is 54.7 Å². The number of para-hydroxylation sites is 2. The van der Waals surface area contributed by atoms with Crippen LogP contribution < -0.4 is 10.6 Å². The third kappa shape index (κ3) is 3.94. The number of anilines is 2. The molecule has 4 fully saturated rings. The largest absolute Gasteiger partial charge is 0.378 e. The van der Waals surface area contributed by atoms with Crippen LogP contribution in [0.4, 0.5) is 17.1 Å². The lowest BCUT2D eigenvalue weighted by atomic mass is 9.53. The second-order valence-corrected chi connectivity index (χ2v) is 10.5. The van der Waals surface area contributed by atoms with Crippen LogP contribution in [0.25, 0.3) is 5.69 Å². The van der Waals surface area contributed by atoms with Crippen LogP contribution in [0.15, 0.2) is 48.5 Å². The number of nitrogens with one attached hydrogen (secondary N) is 2. The Balaban J connectivity index is 1.23. The van der Waals surface area contributed by atoms with Gasteiger partial charge in [-0.1, -0.05) is 23.4 Å². The third-order valence-electron chi connectivity index (χ3n) is 8.01. The first kappa shape index (κ1) is 21.8. The van der Waals surface area contributed by atoms with Crippen LogP contribution >= 0.6 is 0 Å². The van der Waals surface area contributed by atoms with Crippen molar-refractivity contribution in [3.8, 4) is 5.69 Å². The van der Waals surface area contributed by atoms with Crippen LogP contribution in [0, 0.1) is 34.8 Å². The Hall–Kier alpha value is -3.75. The monoisotopic (exact) mass is 472 g/mol. The van der Waals surface area contributed by atoms with Crippen LogP contribution in [-0.2, 0) is 0 Å². The number of hydrogen-bond acceptors (Lipinski definition) is 6. The van der Waals surface area contributed by atoms with Gasteiger partial charge >= 0.3 is 0 Å². The standard InChI is InChI=1S/C26H28N6O3/c1-16-24(29-30-31(16)20-5-4-6-21(12-20)32(34)35)25(33)27-22-7-2-3-8-23(22)28-26-13-17-9-18(14-26)11-19(10-17)15-26/h2-8,12,17-19,28H,9-11,13-15H2,1H3,(H,27,33). The van der Waals surface area contributed by atoms with E-state index in [2.05, 4.69) is 20.9 Å². The first-order valence-corrected chi connectivity index (χ1v) is 12.2. The molecule has 4 saturated carbocycles. The molecule has 1 amide bonds. The molecule has 0 saturated heterocycles. The molecule has 4 aliphatic rings. The maximum absolute atomic E-state index is 13.2. The molecule has 9 nitrogen and oxygen atoms in total. The summed E-state index contributed by atoms with van der Waals surface area (Å²) < 4.78 is 1.45. The van der Waals surface area contributed by atoms with Crippen LogP contribution in [0.3, 0.4) is 0 Å². The molecule has 0 radical (unpaired) electrons. The summed E-state index contributed by atoms with van der Waals surface area (Å²) in [7, 11) is 0. The highest BCUT2D eigenvalue weighted by Gasteiger charge is 2.51. The zero-order chi connectivity index (χ0) is 24.2. The van der Waals surface area contributed by atoms with E-state index in [-0.39, 0.29) is 22.8 Å². The third-order valence-corrected chi connectivity index (χ3v) is 8.01. The summed E-state index contributed by atoms with van der Waals surface area (Å²) in [6.07, 6.45) is 7.74. The highest BCUT2D eigenvalue weighted by molar-refractivity contribution is 6.05. The van der Waals surface area contributed by atoms with Gasteiger partial charge in [-0.3, -0.25) is 14.9 Å². The molecule has 1 heterocycles. The zero-order valence-corrected chi connectivity index (χ0v) is 19.6. The lowest BCUT2D eigenvalue weighted by Gasteiger charge is -2.57. The fourth-order valence-electron chi connectivity index (χ4n) is 6.95. The minimum atomic E-state index is -0.461. The first-order valence-electron chi connectivity index (χ1n) is 12.2. The minimum Gasteiger partial charge on any atom is -0.378 e. The summed E-state index contributed by atoms with van der Waals surface area (Å²) in [5.41, 5.74) is 2.90. The normalized spacial score (nSPS) is 26.5. The van der Waals surface area contributed by atoms with Crippen molar-refractivity contribution in [2.75, 3.05) is 10.6 Å². The number of nitro benzene ring substituents is 1. The van der Waals surface area contributed by atoms with E-state index in [1.807, 2.05) is 24.3 Å². The maximum Gasteiger partial charge on any atom is 0.278 e. The average Bonchev–Trinajstić information content (AvgIpc) is 3.20. The van der Waals surface area contributed by atoms with Crippen molar-refractivity contribution in [1.82, 2.24) is 15.0 Å². The van der Waals surface area contributed by atoms with Crippen LogP contribution in [-0.4, -0.2) is 31.4 Å². The van der Waals surface area contributed by atoms with Gasteiger partial charge in [-0.15, -0.1) is 5.10 Å². The van der Waals surface area contributed by atoms with Gasteiger partial charge in [0.1, 0.15) is 0 Å². The maximum atomic E-state index is 13.2. The first-order chi connectivity index (χ1) is 16.9. The molecule has 4 bridgehead atoms. The van der Waals surface area contributed by atoms with Crippen molar-refractivity contribution in [1.29, 1.82) is 0 Å². The van der Waals surface area contributed by atoms with E-state index < -0.39 is 4.92 Å². The SMILES string of the molecule is Cc1c(C(=O)Nc2ccccc2NC23CC4CC(CC(C4)C2)C3)nnn1-c1cccc([N+](=O)[O-])c1. The average molecular weight is 473 g/mol. The Labute approximate surface area is 203 Å². The van der Waals surface area contributed by atoms with Gasteiger partial charge in [0.2, 0.25) is 0 Å². The fourth-order valence-corrected chi connectivity index (χ4v) is 6.95. The van der Waals surface area contributed by atoms with E-state index >= 15 is 0 Å². The van der Waals surface area contributed by atoms with Crippen molar-refractivity contribution in [2.45, 2.75) is 51.0 Å². The number of carbonyl (C=O) groups excluding carboxylic acids is 1. The summed E-state index contributed by atoms with van der Waals surface area (Å²) in [6.45, 7) is 1.73. The number of carbonyl (C=O) groups is 1. The molecular formula is C26H28N6O3. The quantitative estimate of drug-likeness (QED) is 0.380. The predicted molar refractivity (Wildman–Crippen MR) is 132 cm³/mol. The molecule has 1 aromatic heterocycles. The van der Waals surface area contributed by atoms with Gasteiger partial charge in [-0.05, 0) is 81.4 Å². The smallest absolute Gasteiger partial charge is 0.278 e. The van der Waals surface area contributed by atoms with Gasteiger partial charge in [0, 0.05) is 17.7 Å². The van der Waals surface area contributed by atoms with Gasteiger partial charge in [0.15, 0.2) is 5.69 Å². The number of benzene rings is 2. The predicted octanol–water partition coefficient (Wildman–Crippen LogP) is 5.12. The molecule has 0 spiro atoms. The van der Waals surface area contributed by atoms with Crippen molar-refractivity contribution in [3.63, 3.8) is 0 Å². The molecule has 2 N–H and O–H groups in total. The molecule has 4 aliphatic carbocycles. The van der Waals surface area contributed by atoms with E-state index in [0.29, 0.717) is 11.4 Å². The molecule has 0 unspecified atom stereocenters. The van der Waals surface area contributed by atoms with Crippen molar-refractivity contribution >= 4 is 23.0 Å². The summed E-state index contributed by atoms with van der Waals surface area (Å²) in [6, 6.07) is 13.9. The summed E-state index contributed by atoms with van der Waals surface area (Å²) >= 11 is 0. The van der Waals surface area contributed by atoms with Crippen LogP contribution in [0.2, 0.25) is 0 Å². The van der Waals surface area contributed by atoms with Gasteiger partial charge in [0.25, 0.3) is 11.6 Å². The summed E-state index contributed by atoms with van der Waals surface area (Å²) in [5.74, 6) is 2.10. The van der Waals surface area contributed by atoms with Crippen LogP contribution in [0.5, 0.6) is 0 Å². The Bertz CT molecular complexity index is 1280. The lowest BCUT2D eigenvalue weighted by Crippen LogP contribution is -2.54. The Morgan fingerprint density at radius 3 is 2.34 bits per heavy atom. The number of hydrogen-bond donors (Lipinski definition) is 2. The molecule has 9 heteroatoms. The topological polar surface area (TPSA) is 115 Å². The number of rotatable bonds is 6. The number of non-ortho nitro benzene ring substituents is 1. The highest BCUT2D eigenvalue weighted by atomic mass is 16.6. The molecule has 7 rings (SSSR count). The molecule has 35 heavy (non-hydrogen) atoms. The summed E-state index contributed by atoms with van der Waals surface area (Å²) in [5, 5.41) is 26.2. The van der Waals surface area contributed by atoms with Gasteiger partial charge in [-0.25, -0.2) is 4.68 Å². The van der Waals surface area contributed by atoms with E-state index in [0.717, 1.165) is 29.1 Å². The number of amides is 1. The molecule has 0 atom stereocenters. The second-order valence-electron chi connectivity index (χ2n) is 10.5. The molecule has 180 valence electrons. The highest BCUT2D eigenvalue weighted by Crippen LogP contribution is 2.56. The van der Waals surface area contributed by atoms with Gasteiger partial charge in [-0.2, -0.15) is 0 Å². The van der Waals surface area contributed by atoms with E-state index in [9.17, 15) is 14.9 Å². The van der Waals surface area contributed by atoms with Gasteiger partial charge < -0.3 is 10.6 Å². The molecule has 0 aliphatic heterocycles. The van der Waals surface area contributed by atoms with Gasteiger partial charge in [0.05, 0.1) is 27.7 Å². The van der Waals surface area contributed by atoms with E-state index in [1.54, 1.807) is 19.1 Å². The number of nitro groups is 1. The van der Waals surface area contributed by atoms with Crippen molar-refractivity contribution in [2.24, 2.45) is 17.8 Å². The van der Waals surface area contributed by atoms with E-state index in [1.165, 1.54) is 55.3 Å². The Morgan fingerprint density at radius 2 is 1.69 bits per heavy atom. The number of aromatic nitrogens is 3. The zero-order valence-electron chi connectivity index (χ0n) is 19.6. The molecular weight excluding hydrogens is 444 g/mol.